The van der Waals surface area contributed by atoms with Crippen LogP contribution in [0.5, 0.6) is 0 Å². The van der Waals surface area contributed by atoms with Crippen molar-refractivity contribution in [2.24, 2.45) is 11.7 Å². The van der Waals surface area contributed by atoms with E-state index in [0.717, 1.165) is 39.0 Å². The van der Waals surface area contributed by atoms with Crippen molar-refractivity contribution in [3.8, 4) is 0 Å². The molecule has 6 nitrogen and oxygen atoms in total. The Hall–Kier alpha value is -0.690. The molecule has 0 aromatic heterocycles. The van der Waals surface area contributed by atoms with Gasteiger partial charge in [-0.1, -0.05) is 0 Å². The fourth-order valence-corrected chi connectivity index (χ4v) is 2.37. The highest BCUT2D eigenvalue weighted by Crippen LogP contribution is 2.17. The molecule has 3 N–H and O–H groups in total. The summed E-state index contributed by atoms with van der Waals surface area (Å²) < 4.78 is 10.3. The van der Waals surface area contributed by atoms with Crippen LogP contribution < -0.4 is 11.1 Å². The maximum absolute atomic E-state index is 12.0. The molecule has 1 saturated heterocycles. The van der Waals surface area contributed by atoms with Crippen LogP contribution in [0.25, 0.3) is 0 Å². The number of methoxy groups -OCH3 is 1. The van der Waals surface area contributed by atoms with Gasteiger partial charge in [0.05, 0.1) is 6.04 Å². The first-order valence-corrected chi connectivity index (χ1v) is 7.43. The summed E-state index contributed by atoms with van der Waals surface area (Å²) in [6.07, 6.45) is 2.76. The van der Waals surface area contributed by atoms with Gasteiger partial charge in [-0.05, 0) is 32.2 Å². The number of rotatable bonds is 9. The highest BCUT2D eigenvalue weighted by molar-refractivity contribution is 5.81. The molecule has 0 bridgehead atoms. The van der Waals surface area contributed by atoms with Crippen LogP contribution in [0.15, 0.2) is 0 Å². The zero-order chi connectivity index (χ0) is 14.8. The quantitative estimate of drug-likeness (QED) is 0.576. The lowest BCUT2D eigenvalue weighted by atomic mass is 9.92. The topological polar surface area (TPSA) is 76.8 Å². The number of amides is 1. The third-order valence-electron chi connectivity index (χ3n) is 3.76. The van der Waals surface area contributed by atoms with Crippen molar-refractivity contribution in [3.63, 3.8) is 0 Å². The van der Waals surface area contributed by atoms with E-state index in [4.69, 9.17) is 15.2 Å². The van der Waals surface area contributed by atoms with Crippen molar-refractivity contribution < 1.29 is 14.3 Å². The Kier molecular flexibility index (Phi) is 8.77. The number of hydrogen-bond acceptors (Lipinski definition) is 5. The van der Waals surface area contributed by atoms with Gasteiger partial charge in [-0.15, -0.1) is 0 Å². The Balaban J connectivity index is 2.12. The van der Waals surface area contributed by atoms with Gasteiger partial charge in [0.15, 0.2) is 0 Å². The maximum Gasteiger partial charge on any atom is 0.237 e. The smallest absolute Gasteiger partial charge is 0.237 e. The fourth-order valence-electron chi connectivity index (χ4n) is 2.37. The lowest BCUT2D eigenvalue weighted by Crippen LogP contribution is -2.48. The SMILES string of the molecule is COCCCN(C)CCNC(=O)C(N)C1CCOCC1. The second-order valence-corrected chi connectivity index (χ2v) is 5.42. The minimum atomic E-state index is -0.405. The van der Waals surface area contributed by atoms with E-state index in [0.29, 0.717) is 19.8 Å². The van der Waals surface area contributed by atoms with Crippen LogP contribution in [0.2, 0.25) is 0 Å². The molecule has 0 spiro atoms. The van der Waals surface area contributed by atoms with Crippen molar-refractivity contribution in [2.45, 2.75) is 25.3 Å². The standard InChI is InChI=1S/C14H29N3O3/c1-17(7-3-9-19-2)8-6-16-14(18)13(15)12-4-10-20-11-5-12/h12-13H,3-11,15H2,1-2H3,(H,16,18). The summed E-state index contributed by atoms with van der Waals surface area (Å²) in [7, 11) is 3.75. The summed E-state index contributed by atoms with van der Waals surface area (Å²) in [5.41, 5.74) is 6.01. The second-order valence-electron chi connectivity index (χ2n) is 5.42. The second kappa shape index (κ2) is 10.1. The van der Waals surface area contributed by atoms with Crippen molar-refractivity contribution >= 4 is 5.91 Å². The molecule has 1 heterocycles. The minimum Gasteiger partial charge on any atom is -0.385 e. The molecule has 0 aliphatic carbocycles. The lowest BCUT2D eigenvalue weighted by Gasteiger charge is -2.27. The maximum atomic E-state index is 12.0. The predicted molar refractivity (Wildman–Crippen MR) is 78.5 cm³/mol. The highest BCUT2D eigenvalue weighted by Gasteiger charge is 2.26. The number of hydrogen-bond donors (Lipinski definition) is 2. The van der Waals surface area contributed by atoms with E-state index in [1.54, 1.807) is 7.11 Å². The van der Waals surface area contributed by atoms with E-state index in [9.17, 15) is 4.79 Å². The molecule has 1 amide bonds. The zero-order valence-electron chi connectivity index (χ0n) is 12.8. The molecule has 1 rings (SSSR count). The molecule has 1 fully saturated rings. The highest BCUT2D eigenvalue weighted by atomic mass is 16.5. The summed E-state index contributed by atoms with van der Waals surface area (Å²) in [5.74, 6) is 0.213. The molecular formula is C14H29N3O3. The fraction of sp³-hybridized carbons (Fsp3) is 0.929. The summed E-state index contributed by atoms with van der Waals surface area (Å²) in [5, 5.41) is 2.92. The number of nitrogens with one attached hydrogen (secondary N) is 1. The van der Waals surface area contributed by atoms with Gasteiger partial charge in [-0.3, -0.25) is 4.79 Å². The zero-order valence-corrected chi connectivity index (χ0v) is 12.8. The van der Waals surface area contributed by atoms with Gasteiger partial charge in [-0.2, -0.15) is 0 Å². The van der Waals surface area contributed by atoms with Gasteiger partial charge < -0.3 is 25.4 Å². The van der Waals surface area contributed by atoms with E-state index in [1.165, 1.54) is 0 Å². The Morgan fingerprint density at radius 3 is 2.80 bits per heavy atom. The van der Waals surface area contributed by atoms with Gasteiger partial charge in [0.25, 0.3) is 0 Å². The number of likely N-dealkylation sites (N-methyl/N-ethyl adjacent to an activating group) is 1. The van der Waals surface area contributed by atoms with Crippen molar-refractivity contribution in [1.82, 2.24) is 10.2 Å². The molecule has 0 saturated carbocycles. The van der Waals surface area contributed by atoms with Gasteiger partial charge in [-0.25, -0.2) is 0 Å². The summed E-state index contributed by atoms with van der Waals surface area (Å²) in [6, 6.07) is -0.405. The number of ether oxygens (including phenoxy) is 2. The molecule has 1 aliphatic rings. The van der Waals surface area contributed by atoms with Gasteiger partial charge in [0.1, 0.15) is 0 Å². The third kappa shape index (κ3) is 6.65. The van der Waals surface area contributed by atoms with E-state index in [1.807, 2.05) is 7.05 Å². The Morgan fingerprint density at radius 1 is 1.45 bits per heavy atom. The van der Waals surface area contributed by atoms with E-state index >= 15 is 0 Å². The number of carbonyl (C=O) groups is 1. The Morgan fingerprint density at radius 2 is 2.15 bits per heavy atom. The first kappa shape index (κ1) is 17.4. The molecule has 1 unspecified atom stereocenters. The molecule has 118 valence electrons. The van der Waals surface area contributed by atoms with Crippen LogP contribution in [0.4, 0.5) is 0 Å². The average molecular weight is 287 g/mol. The summed E-state index contributed by atoms with van der Waals surface area (Å²) in [6.45, 7) is 4.64. The van der Waals surface area contributed by atoms with E-state index in [2.05, 4.69) is 10.2 Å². The molecule has 0 aromatic rings. The molecule has 0 radical (unpaired) electrons. The number of carbonyl (C=O) groups excluding carboxylic acids is 1. The molecule has 1 atom stereocenters. The normalized spacial score (nSPS) is 18.2. The van der Waals surface area contributed by atoms with Crippen LogP contribution in [-0.4, -0.2) is 70.5 Å². The van der Waals surface area contributed by atoms with Crippen LogP contribution in [0, 0.1) is 5.92 Å². The first-order chi connectivity index (χ1) is 9.65. The summed E-state index contributed by atoms with van der Waals surface area (Å²) >= 11 is 0. The lowest BCUT2D eigenvalue weighted by molar-refractivity contribution is -0.124. The predicted octanol–water partition coefficient (Wildman–Crippen LogP) is -0.175. The minimum absolute atomic E-state index is 0.0396. The molecule has 1 aliphatic heterocycles. The van der Waals surface area contributed by atoms with E-state index < -0.39 is 6.04 Å². The monoisotopic (exact) mass is 287 g/mol. The first-order valence-electron chi connectivity index (χ1n) is 7.43. The largest absolute Gasteiger partial charge is 0.385 e. The van der Waals surface area contributed by atoms with Crippen LogP contribution >= 0.6 is 0 Å². The van der Waals surface area contributed by atoms with Crippen molar-refractivity contribution in [1.29, 1.82) is 0 Å². The third-order valence-corrected chi connectivity index (χ3v) is 3.76. The number of nitrogens with zero attached hydrogens (tertiary/aromatic N) is 1. The van der Waals surface area contributed by atoms with Gasteiger partial charge >= 0.3 is 0 Å². The molecule has 0 aromatic carbocycles. The van der Waals surface area contributed by atoms with Gasteiger partial charge in [0, 0.05) is 46.6 Å². The Labute approximate surface area is 122 Å². The van der Waals surface area contributed by atoms with Crippen LogP contribution in [0.3, 0.4) is 0 Å². The molecule has 6 heteroatoms. The van der Waals surface area contributed by atoms with Crippen molar-refractivity contribution in [2.75, 3.05) is 53.6 Å². The summed E-state index contributed by atoms with van der Waals surface area (Å²) in [4.78, 5) is 14.1. The van der Waals surface area contributed by atoms with Gasteiger partial charge in [0.2, 0.25) is 5.91 Å². The van der Waals surface area contributed by atoms with Crippen LogP contribution in [0.1, 0.15) is 19.3 Å². The average Bonchev–Trinajstić information content (AvgIpc) is 2.47. The van der Waals surface area contributed by atoms with E-state index in [-0.39, 0.29) is 11.8 Å². The Bertz CT molecular complexity index is 270. The van der Waals surface area contributed by atoms with Crippen molar-refractivity contribution in [3.05, 3.63) is 0 Å². The van der Waals surface area contributed by atoms with Crippen LogP contribution in [-0.2, 0) is 14.3 Å². The number of nitrogens with two attached hydrogens (primary N) is 1. The molecule has 20 heavy (non-hydrogen) atoms. The molecular weight excluding hydrogens is 258 g/mol.